The zero-order valence-corrected chi connectivity index (χ0v) is 21.7. The van der Waals surface area contributed by atoms with Crippen LogP contribution >= 0.6 is 0 Å². The van der Waals surface area contributed by atoms with Crippen LogP contribution in [0.5, 0.6) is 5.75 Å². The molecule has 2 aliphatic rings. The first-order valence-corrected chi connectivity index (χ1v) is 12.7. The zero-order chi connectivity index (χ0) is 26.2. The van der Waals surface area contributed by atoms with Crippen molar-refractivity contribution in [2.75, 3.05) is 36.4 Å². The molecule has 1 saturated heterocycles. The van der Waals surface area contributed by atoms with Crippen molar-refractivity contribution < 1.29 is 19.1 Å². The SMILES string of the molecule is Cc1cn2cc(C(=O)Nc3ccc(N4CCN(C(=O)OC(C)(C)C)CC4)nn3)c(OC3CCC3)cc2n1. The largest absolute Gasteiger partial charge is 0.489 e. The predicted molar refractivity (Wildman–Crippen MR) is 138 cm³/mol. The summed E-state index contributed by atoms with van der Waals surface area (Å²) in [6, 6.07) is 5.36. The molecular formula is C26H33N7O4. The van der Waals surface area contributed by atoms with Gasteiger partial charge in [-0.15, -0.1) is 10.2 Å². The normalized spacial score (nSPS) is 16.4. The van der Waals surface area contributed by atoms with Crippen molar-refractivity contribution in [3.05, 3.63) is 41.9 Å². The van der Waals surface area contributed by atoms with Gasteiger partial charge in [0.2, 0.25) is 0 Å². The lowest BCUT2D eigenvalue weighted by molar-refractivity contribution is 0.0240. The van der Waals surface area contributed by atoms with Crippen LogP contribution in [0.2, 0.25) is 0 Å². The lowest BCUT2D eigenvalue weighted by atomic mass is 9.96. The number of fused-ring (bicyclic) bond motifs is 1. The molecule has 0 atom stereocenters. The van der Waals surface area contributed by atoms with E-state index >= 15 is 0 Å². The number of amides is 2. The van der Waals surface area contributed by atoms with Gasteiger partial charge in [0.25, 0.3) is 5.91 Å². The van der Waals surface area contributed by atoms with Crippen LogP contribution in [-0.4, -0.2) is 74.4 Å². The van der Waals surface area contributed by atoms with Gasteiger partial charge in [0.05, 0.1) is 17.4 Å². The lowest BCUT2D eigenvalue weighted by Gasteiger charge is -2.35. The van der Waals surface area contributed by atoms with Gasteiger partial charge in [0.1, 0.15) is 17.0 Å². The minimum Gasteiger partial charge on any atom is -0.489 e. The van der Waals surface area contributed by atoms with E-state index in [4.69, 9.17) is 9.47 Å². The third kappa shape index (κ3) is 5.76. The molecule has 2 amide bonds. The summed E-state index contributed by atoms with van der Waals surface area (Å²) in [7, 11) is 0. The molecule has 0 unspecified atom stereocenters. The summed E-state index contributed by atoms with van der Waals surface area (Å²) >= 11 is 0. The Morgan fingerprint density at radius 3 is 2.43 bits per heavy atom. The van der Waals surface area contributed by atoms with Gasteiger partial charge >= 0.3 is 6.09 Å². The first kappa shape index (κ1) is 24.8. The predicted octanol–water partition coefficient (Wildman–Crippen LogP) is 3.67. The van der Waals surface area contributed by atoms with E-state index in [1.807, 2.05) is 50.4 Å². The minimum absolute atomic E-state index is 0.125. The molecule has 0 bridgehead atoms. The summed E-state index contributed by atoms with van der Waals surface area (Å²) in [5, 5.41) is 11.4. The van der Waals surface area contributed by atoms with Gasteiger partial charge in [-0.05, 0) is 59.1 Å². The second kappa shape index (κ2) is 9.87. The summed E-state index contributed by atoms with van der Waals surface area (Å²) in [5.41, 5.74) is 1.49. The molecule has 3 aromatic rings. The molecule has 1 N–H and O–H groups in total. The maximum Gasteiger partial charge on any atom is 0.410 e. The van der Waals surface area contributed by atoms with E-state index in [1.54, 1.807) is 17.2 Å². The van der Waals surface area contributed by atoms with E-state index in [1.165, 1.54) is 0 Å². The maximum absolute atomic E-state index is 13.2. The Labute approximate surface area is 215 Å². The lowest BCUT2D eigenvalue weighted by Crippen LogP contribution is -2.50. The quantitative estimate of drug-likeness (QED) is 0.556. The van der Waals surface area contributed by atoms with Crippen molar-refractivity contribution in [2.24, 2.45) is 0 Å². The van der Waals surface area contributed by atoms with Crippen molar-refractivity contribution in [1.29, 1.82) is 0 Å². The highest BCUT2D eigenvalue weighted by atomic mass is 16.6. The highest BCUT2D eigenvalue weighted by molar-refractivity contribution is 6.05. The average molecular weight is 508 g/mol. The Kier molecular flexibility index (Phi) is 6.61. The van der Waals surface area contributed by atoms with Crippen molar-refractivity contribution in [2.45, 2.75) is 58.7 Å². The number of ether oxygens (including phenoxy) is 2. The zero-order valence-electron chi connectivity index (χ0n) is 21.7. The number of pyridine rings is 1. The van der Waals surface area contributed by atoms with E-state index in [9.17, 15) is 9.59 Å². The van der Waals surface area contributed by atoms with Crippen molar-refractivity contribution >= 4 is 29.3 Å². The Bertz CT molecular complexity index is 1290. The number of hydrogen-bond acceptors (Lipinski definition) is 8. The molecule has 1 aliphatic heterocycles. The van der Waals surface area contributed by atoms with Gasteiger partial charge in [0, 0.05) is 44.6 Å². The Morgan fingerprint density at radius 1 is 1.05 bits per heavy atom. The Balaban J connectivity index is 1.23. The van der Waals surface area contributed by atoms with Crippen LogP contribution < -0.4 is 15.0 Å². The number of anilines is 2. The summed E-state index contributed by atoms with van der Waals surface area (Å²) in [6.07, 6.45) is 6.54. The maximum atomic E-state index is 13.2. The average Bonchev–Trinajstić information content (AvgIpc) is 3.19. The van der Waals surface area contributed by atoms with Gasteiger partial charge in [-0.3, -0.25) is 4.79 Å². The summed E-state index contributed by atoms with van der Waals surface area (Å²) in [6.45, 7) is 9.79. The standard InChI is InChI=1S/C26H33N7O4/c1-17-15-33-16-19(20(14-23(33)27-17)36-18-6-5-7-18)24(34)28-21-8-9-22(30-29-21)31-10-12-32(13-11-31)25(35)37-26(2,3)4/h8-9,14-16,18H,5-7,10-13H2,1-4H3,(H,28,29,34). The van der Waals surface area contributed by atoms with Crippen LogP contribution in [0.1, 0.15) is 56.1 Å². The summed E-state index contributed by atoms with van der Waals surface area (Å²) in [5.74, 6) is 1.23. The van der Waals surface area contributed by atoms with Crippen molar-refractivity contribution in [1.82, 2.24) is 24.5 Å². The van der Waals surface area contributed by atoms with Gasteiger partial charge in [0.15, 0.2) is 11.6 Å². The number of nitrogens with zero attached hydrogens (tertiary/aromatic N) is 6. The van der Waals surface area contributed by atoms with Crippen LogP contribution in [0, 0.1) is 6.92 Å². The number of hydrogen-bond donors (Lipinski definition) is 1. The fourth-order valence-electron chi connectivity index (χ4n) is 4.27. The van der Waals surface area contributed by atoms with E-state index in [2.05, 4.69) is 25.4 Å². The fraction of sp³-hybridized carbons (Fsp3) is 0.500. The highest BCUT2D eigenvalue weighted by Crippen LogP contribution is 2.29. The molecule has 4 heterocycles. The van der Waals surface area contributed by atoms with Crippen LogP contribution in [0.4, 0.5) is 16.4 Å². The first-order chi connectivity index (χ1) is 17.6. The number of aryl methyl sites for hydroxylation is 1. The first-order valence-electron chi connectivity index (χ1n) is 12.7. The smallest absolute Gasteiger partial charge is 0.410 e. The molecule has 3 aromatic heterocycles. The second-order valence-electron chi connectivity index (χ2n) is 10.6. The third-order valence-corrected chi connectivity index (χ3v) is 6.41. The molecule has 5 rings (SSSR count). The molecule has 0 radical (unpaired) electrons. The Hall–Kier alpha value is -3.89. The number of nitrogens with one attached hydrogen (secondary N) is 1. The molecule has 1 saturated carbocycles. The van der Waals surface area contributed by atoms with E-state index in [-0.39, 0.29) is 18.1 Å². The Morgan fingerprint density at radius 2 is 1.81 bits per heavy atom. The van der Waals surface area contributed by atoms with E-state index in [0.29, 0.717) is 49.1 Å². The number of aromatic nitrogens is 4. The van der Waals surface area contributed by atoms with Crippen molar-refractivity contribution in [3.63, 3.8) is 0 Å². The topological polar surface area (TPSA) is 114 Å². The highest BCUT2D eigenvalue weighted by Gasteiger charge is 2.27. The number of rotatable bonds is 5. The number of imidazole rings is 1. The monoisotopic (exact) mass is 507 g/mol. The molecule has 11 nitrogen and oxygen atoms in total. The fourth-order valence-corrected chi connectivity index (χ4v) is 4.27. The summed E-state index contributed by atoms with van der Waals surface area (Å²) in [4.78, 5) is 33.8. The molecule has 0 spiro atoms. The van der Waals surface area contributed by atoms with Crippen LogP contribution in [0.15, 0.2) is 30.6 Å². The van der Waals surface area contributed by atoms with Gasteiger partial charge in [-0.1, -0.05) is 0 Å². The number of carbonyl (C=O) groups is 2. The van der Waals surface area contributed by atoms with Crippen LogP contribution in [0.25, 0.3) is 5.65 Å². The molecular weight excluding hydrogens is 474 g/mol. The minimum atomic E-state index is -0.520. The second-order valence-corrected chi connectivity index (χ2v) is 10.6. The third-order valence-electron chi connectivity index (χ3n) is 6.41. The van der Waals surface area contributed by atoms with Gasteiger partial charge in [-0.2, -0.15) is 0 Å². The van der Waals surface area contributed by atoms with E-state index in [0.717, 1.165) is 30.6 Å². The molecule has 11 heteroatoms. The molecule has 0 aromatic carbocycles. The summed E-state index contributed by atoms with van der Waals surface area (Å²) < 4.78 is 13.4. The van der Waals surface area contributed by atoms with Gasteiger partial charge < -0.3 is 29.0 Å². The van der Waals surface area contributed by atoms with E-state index < -0.39 is 5.60 Å². The number of piperazine rings is 1. The molecule has 1 aliphatic carbocycles. The molecule has 37 heavy (non-hydrogen) atoms. The number of carbonyl (C=O) groups excluding carboxylic acids is 2. The molecule has 2 fully saturated rings. The van der Waals surface area contributed by atoms with Crippen LogP contribution in [-0.2, 0) is 4.74 Å². The molecule has 196 valence electrons. The van der Waals surface area contributed by atoms with Crippen molar-refractivity contribution in [3.8, 4) is 5.75 Å². The van der Waals surface area contributed by atoms with Gasteiger partial charge in [-0.25, -0.2) is 9.78 Å². The van der Waals surface area contributed by atoms with Crippen LogP contribution in [0.3, 0.4) is 0 Å².